The first-order valence-electron chi connectivity index (χ1n) is 8.78. The zero-order chi connectivity index (χ0) is 22.3. The number of hydrogen-bond acceptors (Lipinski definition) is 5. The Balaban J connectivity index is 1.76. The molecule has 2 aromatic rings. The van der Waals surface area contributed by atoms with Gasteiger partial charge in [-0.25, -0.2) is 4.99 Å². The Morgan fingerprint density at radius 1 is 1.10 bits per heavy atom. The second-order valence-electron chi connectivity index (χ2n) is 6.49. The fourth-order valence-electron chi connectivity index (χ4n) is 3.25. The number of para-hydroxylation sites is 2. The van der Waals surface area contributed by atoms with Crippen LogP contribution in [0.3, 0.4) is 0 Å². The van der Waals surface area contributed by atoms with Crippen molar-refractivity contribution < 1.29 is 32.7 Å². The number of rotatable bonds is 3. The van der Waals surface area contributed by atoms with E-state index in [2.05, 4.69) is 10.3 Å². The van der Waals surface area contributed by atoms with Crippen LogP contribution in [0, 0.1) is 0 Å². The lowest BCUT2D eigenvalue weighted by Crippen LogP contribution is -2.32. The molecule has 0 unspecified atom stereocenters. The van der Waals surface area contributed by atoms with Gasteiger partial charge in [-0.3, -0.25) is 19.3 Å². The number of benzene rings is 2. The predicted octanol–water partition coefficient (Wildman–Crippen LogP) is 3.40. The summed E-state index contributed by atoms with van der Waals surface area (Å²) in [6.07, 6.45) is -4.63. The lowest BCUT2D eigenvalue weighted by atomic mass is 10.1. The van der Waals surface area contributed by atoms with Crippen LogP contribution in [0.25, 0.3) is 5.57 Å². The Morgan fingerprint density at radius 3 is 2.48 bits per heavy atom. The molecule has 2 aromatic carbocycles. The fourth-order valence-corrected chi connectivity index (χ4v) is 4.17. The number of amides is 2. The summed E-state index contributed by atoms with van der Waals surface area (Å²) in [5, 5.41) is 11.4. The van der Waals surface area contributed by atoms with Gasteiger partial charge in [0.1, 0.15) is 6.54 Å². The molecule has 0 aliphatic carbocycles. The summed E-state index contributed by atoms with van der Waals surface area (Å²) in [6, 6.07) is 11.0. The first-order chi connectivity index (χ1) is 14.7. The molecule has 31 heavy (non-hydrogen) atoms. The number of anilines is 1. The van der Waals surface area contributed by atoms with E-state index in [0.29, 0.717) is 11.3 Å². The van der Waals surface area contributed by atoms with E-state index in [1.807, 2.05) is 0 Å². The van der Waals surface area contributed by atoms with Gasteiger partial charge in [-0.2, -0.15) is 13.2 Å². The van der Waals surface area contributed by atoms with Gasteiger partial charge in [0.25, 0.3) is 11.8 Å². The Labute approximate surface area is 177 Å². The molecule has 0 radical (unpaired) electrons. The number of aliphatic imine (C=N–C) groups is 1. The van der Waals surface area contributed by atoms with Crippen LogP contribution in [-0.2, 0) is 20.6 Å². The van der Waals surface area contributed by atoms with E-state index in [-0.39, 0.29) is 21.3 Å². The summed E-state index contributed by atoms with van der Waals surface area (Å²) < 4.78 is 39.6. The average Bonchev–Trinajstić information content (AvgIpc) is 3.18. The maximum atomic E-state index is 13.2. The third-order valence-corrected chi connectivity index (χ3v) is 5.48. The van der Waals surface area contributed by atoms with E-state index < -0.39 is 36.1 Å². The highest BCUT2D eigenvalue weighted by molar-refractivity contribution is 8.18. The van der Waals surface area contributed by atoms with Gasteiger partial charge in [0.15, 0.2) is 5.17 Å². The van der Waals surface area contributed by atoms with Gasteiger partial charge >= 0.3 is 12.1 Å². The average molecular weight is 447 g/mol. The number of nitrogens with one attached hydrogen (secondary N) is 1. The van der Waals surface area contributed by atoms with Crippen LogP contribution in [0.2, 0.25) is 0 Å². The molecule has 0 bridgehead atoms. The third-order valence-electron chi connectivity index (χ3n) is 4.50. The lowest BCUT2D eigenvalue weighted by molar-refractivity contribution is -0.137. The van der Waals surface area contributed by atoms with Crippen molar-refractivity contribution in [3.63, 3.8) is 0 Å². The van der Waals surface area contributed by atoms with Gasteiger partial charge in [0.2, 0.25) is 0 Å². The fraction of sp³-hybridized carbons (Fsp3) is 0.100. The van der Waals surface area contributed by atoms with Crippen LogP contribution in [0.4, 0.5) is 24.5 Å². The monoisotopic (exact) mass is 447 g/mol. The number of carbonyl (C=O) groups excluding carboxylic acids is 2. The van der Waals surface area contributed by atoms with Crippen LogP contribution < -0.4 is 10.2 Å². The number of amidine groups is 1. The standard InChI is InChI=1S/C20H12F3N3O4S/c21-20(22,23)11-6-2-3-7-12(11)24-19-25-17(29)16(31-19)15-10-5-1-4-8-13(10)26(18(15)30)9-14(27)28/h1-8H,9H2,(H,27,28)(H,24,25,29)/b16-15-. The van der Waals surface area contributed by atoms with Crippen molar-refractivity contribution in [1.82, 2.24) is 5.32 Å². The smallest absolute Gasteiger partial charge is 0.418 e. The van der Waals surface area contributed by atoms with Crippen LogP contribution in [0.5, 0.6) is 0 Å². The molecule has 2 heterocycles. The normalized spacial score (nSPS) is 19.7. The number of fused-ring (bicyclic) bond motifs is 1. The minimum Gasteiger partial charge on any atom is -0.480 e. The minimum absolute atomic E-state index is 0.0198. The Morgan fingerprint density at radius 2 is 1.77 bits per heavy atom. The molecule has 2 N–H and O–H groups in total. The van der Waals surface area contributed by atoms with E-state index in [1.165, 1.54) is 12.1 Å². The Hall–Kier alpha value is -3.60. The molecular weight excluding hydrogens is 435 g/mol. The van der Waals surface area contributed by atoms with Crippen molar-refractivity contribution in [1.29, 1.82) is 0 Å². The van der Waals surface area contributed by atoms with Gasteiger partial charge in [0, 0.05) is 5.56 Å². The lowest BCUT2D eigenvalue weighted by Gasteiger charge is -2.13. The molecule has 158 valence electrons. The van der Waals surface area contributed by atoms with Gasteiger partial charge < -0.3 is 10.4 Å². The number of nitrogens with zero attached hydrogens (tertiary/aromatic N) is 2. The SMILES string of the molecule is O=C(O)CN1C(=O)/C(=C2\SC(=Nc3ccccc3C(F)(F)F)NC2=O)c2ccccc21. The second kappa shape index (κ2) is 7.58. The molecule has 2 aliphatic rings. The molecule has 0 saturated carbocycles. The molecule has 2 aliphatic heterocycles. The molecule has 11 heteroatoms. The summed E-state index contributed by atoms with van der Waals surface area (Å²) in [7, 11) is 0. The van der Waals surface area contributed by atoms with Crippen molar-refractivity contribution in [2.24, 2.45) is 4.99 Å². The van der Waals surface area contributed by atoms with Gasteiger partial charge in [-0.05, 0) is 30.0 Å². The summed E-state index contributed by atoms with van der Waals surface area (Å²) in [6.45, 7) is -0.598. The number of hydrogen-bond donors (Lipinski definition) is 2. The van der Waals surface area contributed by atoms with E-state index in [4.69, 9.17) is 5.11 Å². The van der Waals surface area contributed by atoms with Crippen LogP contribution >= 0.6 is 11.8 Å². The summed E-state index contributed by atoms with van der Waals surface area (Å²) >= 11 is 0.725. The van der Waals surface area contributed by atoms with Crippen LogP contribution in [0.1, 0.15) is 11.1 Å². The van der Waals surface area contributed by atoms with Crippen molar-refractivity contribution >= 4 is 51.7 Å². The van der Waals surface area contributed by atoms with Crippen molar-refractivity contribution in [3.05, 3.63) is 64.6 Å². The highest BCUT2D eigenvalue weighted by Crippen LogP contribution is 2.43. The van der Waals surface area contributed by atoms with Gasteiger partial charge in [0.05, 0.1) is 27.4 Å². The zero-order valence-electron chi connectivity index (χ0n) is 15.4. The number of alkyl halides is 3. The topological polar surface area (TPSA) is 99.1 Å². The van der Waals surface area contributed by atoms with Gasteiger partial charge in [-0.15, -0.1) is 0 Å². The highest BCUT2D eigenvalue weighted by atomic mass is 32.2. The van der Waals surface area contributed by atoms with Crippen molar-refractivity contribution in [3.8, 4) is 0 Å². The molecule has 4 rings (SSSR count). The molecule has 2 amide bonds. The summed E-state index contributed by atoms with van der Waals surface area (Å²) in [5.74, 6) is -2.62. The summed E-state index contributed by atoms with van der Waals surface area (Å²) in [4.78, 5) is 41.5. The highest BCUT2D eigenvalue weighted by Gasteiger charge is 2.40. The Kier molecular flexibility index (Phi) is 5.05. The second-order valence-corrected chi connectivity index (χ2v) is 7.49. The predicted molar refractivity (Wildman–Crippen MR) is 108 cm³/mol. The number of carboxylic acid groups (broad SMARTS) is 1. The molecular formula is C20H12F3N3O4S. The molecule has 7 nitrogen and oxygen atoms in total. The van der Waals surface area contributed by atoms with E-state index >= 15 is 0 Å². The van der Waals surface area contributed by atoms with Gasteiger partial charge in [-0.1, -0.05) is 30.3 Å². The molecule has 0 aromatic heterocycles. The van der Waals surface area contributed by atoms with E-state index in [1.54, 1.807) is 24.3 Å². The maximum Gasteiger partial charge on any atom is 0.418 e. The molecule has 1 saturated heterocycles. The number of carboxylic acids is 1. The maximum absolute atomic E-state index is 13.2. The number of halogens is 3. The quantitative estimate of drug-likeness (QED) is 0.703. The summed E-state index contributed by atoms with van der Waals surface area (Å²) in [5.41, 5.74) is -0.668. The molecule has 1 fully saturated rings. The van der Waals surface area contributed by atoms with E-state index in [9.17, 15) is 27.6 Å². The Bertz CT molecular complexity index is 1190. The number of thioether (sulfide) groups is 1. The first kappa shape index (κ1) is 20.7. The number of carbonyl (C=O) groups is 3. The van der Waals surface area contributed by atoms with Crippen molar-refractivity contribution in [2.45, 2.75) is 6.18 Å². The first-order valence-corrected chi connectivity index (χ1v) is 9.60. The van der Waals surface area contributed by atoms with Crippen LogP contribution in [-0.4, -0.2) is 34.6 Å². The van der Waals surface area contributed by atoms with E-state index in [0.717, 1.165) is 28.8 Å². The zero-order valence-corrected chi connectivity index (χ0v) is 16.3. The third kappa shape index (κ3) is 3.79. The molecule has 0 spiro atoms. The van der Waals surface area contributed by atoms with Crippen molar-refractivity contribution in [2.75, 3.05) is 11.4 Å². The largest absolute Gasteiger partial charge is 0.480 e. The van der Waals surface area contributed by atoms with Crippen LogP contribution in [0.15, 0.2) is 58.4 Å². The molecule has 0 atom stereocenters. The minimum atomic E-state index is -4.63. The number of aliphatic carboxylic acids is 1.